The van der Waals surface area contributed by atoms with Crippen molar-refractivity contribution in [2.45, 2.75) is 19.3 Å². The van der Waals surface area contributed by atoms with Gasteiger partial charge in [0.2, 0.25) is 0 Å². The van der Waals surface area contributed by atoms with E-state index in [0.717, 1.165) is 47.6 Å². The van der Waals surface area contributed by atoms with E-state index in [2.05, 4.69) is 10.3 Å². The highest BCUT2D eigenvalue weighted by molar-refractivity contribution is 6.31. The maximum Gasteiger partial charge on any atom is 0.0737 e. The van der Waals surface area contributed by atoms with E-state index in [-0.39, 0.29) is 0 Å². The van der Waals surface area contributed by atoms with E-state index in [9.17, 15) is 0 Å². The Hall–Kier alpha value is -1.32. The topological polar surface area (TPSA) is 34.1 Å². The number of aromatic nitrogens is 1. The van der Waals surface area contributed by atoms with Crippen molar-refractivity contribution >= 4 is 28.2 Å². The Morgan fingerprint density at radius 3 is 2.95 bits per heavy atom. The Morgan fingerprint density at radius 2 is 2.11 bits per heavy atom. The molecule has 1 aromatic heterocycles. The third-order valence-electron chi connectivity index (χ3n) is 3.05. The van der Waals surface area contributed by atoms with Crippen molar-refractivity contribution in [3.8, 4) is 0 Å². The van der Waals surface area contributed by atoms with Crippen LogP contribution < -0.4 is 5.32 Å². The van der Waals surface area contributed by atoms with Gasteiger partial charge in [0, 0.05) is 42.6 Å². The molecule has 0 atom stereocenters. The predicted octanol–water partition coefficient (Wildman–Crippen LogP) is 4.12. The molecule has 0 unspecified atom stereocenters. The maximum absolute atomic E-state index is 5.97. The number of anilines is 1. The van der Waals surface area contributed by atoms with E-state index in [1.165, 1.54) is 6.42 Å². The van der Waals surface area contributed by atoms with Gasteiger partial charge in [-0.3, -0.25) is 4.98 Å². The van der Waals surface area contributed by atoms with Crippen LogP contribution in [0.2, 0.25) is 5.02 Å². The Morgan fingerprint density at radius 1 is 1.21 bits per heavy atom. The highest BCUT2D eigenvalue weighted by Crippen LogP contribution is 2.24. The van der Waals surface area contributed by atoms with Crippen molar-refractivity contribution in [2.75, 3.05) is 25.6 Å². The summed E-state index contributed by atoms with van der Waals surface area (Å²) < 4.78 is 5.03. The second-order valence-electron chi connectivity index (χ2n) is 4.50. The van der Waals surface area contributed by atoms with Crippen LogP contribution in [0.1, 0.15) is 19.3 Å². The minimum Gasteiger partial charge on any atom is -0.385 e. The molecule has 0 aliphatic heterocycles. The number of halogens is 1. The van der Waals surface area contributed by atoms with E-state index < -0.39 is 0 Å². The summed E-state index contributed by atoms with van der Waals surface area (Å²) in [5.41, 5.74) is 2.05. The summed E-state index contributed by atoms with van der Waals surface area (Å²) in [7, 11) is 1.74. The van der Waals surface area contributed by atoms with Crippen LogP contribution in [-0.2, 0) is 4.74 Å². The quantitative estimate of drug-likeness (QED) is 0.774. The van der Waals surface area contributed by atoms with Crippen molar-refractivity contribution in [1.82, 2.24) is 4.98 Å². The molecule has 0 bridgehead atoms. The van der Waals surface area contributed by atoms with Gasteiger partial charge in [-0.1, -0.05) is 11.6 Å². The van der Waals surface area contributed by atoms with Gasteiger partial charge in [-0.25, -0.2) is 0 Å². The first kappa shape index (κ1) is 14.1. The average Bonchev–Trinajstić information content (AvgIpc) is 2.42. The lowest BCUT2D eigenvalue weighted by atomic mass is 10.2. The lowest BCUT2D eigenvalue weighted by Crippen LogP contribution is -2.03. The largest absolute Gasteiger partial charge is 0.385 e. The van der Waals surface area contributed by atoms with Crippen molar-refractivity contribution in [1.29, 1.82) is 0 Å². The number of fused-ring (bicyclic) bond motifs is 1. The maximum atomic E-state index is 5.97. The molecule has 2 aromatic rings. The van der Waals surface area contributed by atoms with Gasteiger partial charge < -0.3 is 10.1 Å². The zero-order chi connectivity index (χ0) is 13.5. The van der Waals surface area contributed by atoms with Crippen molar-refractivity contribution in [3.63, 3.8) is 0 Å². The van der Waals surface area contributed by atoms with Crippen LogP contribution in [0.3, 0.4) is 0 Å². The highest BCUT2D eigenvalue weighted by atomic mass is 35.5. The number of hydrogen-bond acceptors (Lipinski definition) is 3. The normalized spacial score (nSPS) is 10.8. The van der Waals surface area contributed by atoms with E-state index >= 15 is 0 Å². The monoisotopic (exact) mass is 278 g/mol. The van der Waals surface area contributed by atoms with Gasteiger partial charge in [0.25, 0.3) is 0 Å². The van der Waals surface area contributed by atoms with Crippen LogP contribution in [0.4, 0.5) is 5.69 Å². The van der Waals surface area contributed by atoms with Crippen molar-refractivity contribution in [3.05, 3.63) is 35.5 Å². The second-order valence-corrected chi connectivity index (χ2v) is 4.94. The highest BCUT2D eigenvalue weighted by Gasteiger charge is 2.01. The van der Waals surface area contributed by atoms with Crippen LogP contribution in [-0.4, -0.2) is 25.2 Å². The molecule has 4 heteroatoms. The standard InChI is InChI=1S/C15H19ClN2O/c1-19-10-4-2-3-8-17-14-7-9-18-15-11-12(16)5-6-13(14)15/h5-7,9,11H,2-4,8,10H2,1H3,(H,17,18). The van der Waals surface area contributed by atoms with E-state index in [1.54, 1.807) is 7.11 Å². The van der Waals surface area contributed by atoms with Gasteiger partial charge in [0.15, 0.2) is 0 Å². The number of ether oxygens (including phenoxy) is 1. The van der Waals surface area contributed by atoms with Gasteiger partial charge in [-0.15, -0.1) is 0 Å². The molecule has 19 heavy (non-hydrogen) atoms. The summed E-state index contributed by atoms with van der Waals surface area (Å²) in [5, 5.41) is 5.29. The minimum atomic E-state index is 0.719. The number of rotatable bonds is 7. The number of nitrogens with one attached hydrogen (secondary N) is 1. The fourth-order valence-corrected chi connectivity index (χ4v) is 2.21. The van der Waals surface area contributed by atoms with Crippen LogP contribution in [0.5, 0.6) is 0 Å². The Bertz CT molecular complexity index is 531. The SMILES string of the molecule is COCCCCCNc1ccnc2cc(Cl)ccc12. The summed E-state index contributed by atoms with van der Waals surface area (Å²) in [6, 6.07) is 7.80. The number of nitrogens with zero attached hydrogens (tertiary/aromatic N) is 1. The lowest BCUT2D eigenvalue weighted by molar-refractivity contribution is 0.192. The first-order chi connectivity index (χ1) is 9.31. The number of pyridine rings is 1. The molecule has 1 heterocycles. The molecule has 1 N–H and O–H groups in total. The van der Waals surface area contributed by atoms with E-state index in [1.807, 2.05) is 30.5 Å². The molecule has 3 nitrogen and oxygen atoms in total. The van der Waals surface area contributed by atoms with Crippen LogP contribution in [0.15, 0.2) is 30.5 Å². The molecule has 0 spiro atoms. The average molecular weight is 279 g/mol. The zero-order valence-corrected chi connectivity index (χ0v) is 11.9. The molecule has 0 aliphatic rings. The third kappa shape index (κ3) is 4.08. The Labute approximate surface area is 118 Å². The molecule has 0 fully saturated rings. The van der Waals surface area contributed by atoms with E-state index in [4.69, 9.17) is 16.3 Å². The van der Waals surface area contributed by atoms with Crippen molar-refractivity contribution in [2.24, 2.45) is 0 Å². The molecule has 0 saturated carbocycles. The lowest BCUT2D eigenvalue weighted by Gasteiger charge is -2.09. The Kier molecular flexibility index (Phi) is 5.43. The minimum absolute atomic E-state index is 0.719. The molecule has 2 rings (SSSR count). The smallest absolute Gasteiger partial charge is 0.0737 e. The number of hydrogen-bond donors (Lipinski definition) is 1. The number of methoxy groups -OCH3 is 1. The van der Waals surface area contributed by atoms with Gasteiger partial charge >= 0.3 is 0 Å². The number of benzene rings is 1. The van der Waals surface area contributed by atoms with Crippen LogP contribution in [0, 0.1) is 0 Å². The summed E-state index contributed by atoms with van der Waals surface area (Å²) in [5.74, 6) is 0. The van der Waals surface area contributed by atoms with E-state index in [0.29, 0.717) is 0 Å². The third-order valence-corrected chi connectivity index (χ3v) is 3.28. The molecular weight excluding hydrogens is 260 g/mol. The fourth-order valence-electron chi connectivity index (χ4n) is 2.05. The molecule has 0 saturated heterocycles. The van der Waals surface area contributed by atoms with Gasteiger partial charge in [0.05, 0.1) is 5.52 Å². The molecule has 1 aromatic carbocycles. The summed E-state index contributed by atoms with van der Waals surface area (Å²) in [6.45, 7) is 1.81. The molecule has 0 aliphatic carbocycles. The van der Waals surface area contributed by atoms with Crippen molar-refractivity contribution < 1.29 is 4.74 Å². The Balaban J connectivity index is 1.93. The first-order valence-corrected chi connectivity index (χ1v) is 6.96. The second kappa shape index (κ2) is 7.31. The molecular formula is C15H19ClN2O. The zero-order valence-electron chi connectivity index (χ0n) is 11.2. The van der Waals surface area contributed by atoms with Gasteiger partial charge in [-0.05, 0) is 43.5 Å². The first-order valence-electron chi connectivity index (χ1n) is 6.58. The van der Waals surface area contributed by atoms with Gasteiger partial charge in [-0.2, -0.15) is 0 Å². The van der Waals surface area contributed by atoms with Gasteiger partial charge in [0.1, 0.15) is 0 Å². The molecule has 0 amide bonds. The van der Waals surface area contributed by atoms with Crippen LogP contribution >= 0.6 is 11.6 Å². The molecule has 0 radical (unpaired) electrons. The fraction of sp³-hybridized carbons (Fsp3) is 0.400. The predicted molar refractivity (Wildman–Crippen MR) is 81.0 cm³/mol. The summed E-state index contributed by atoms with van der Waals surface area (Å²) >= 11 is 5.97. The molecule has 102 valence electrons. The summed E-state index contributed by atoms with van der Waals surface area (Å²) in [4.78, 5) is 4.33. The number of unbranched alkanes of at least 4 members (excludes halogenated alkanes) is 2. The van der Waals surface area contributed by atoms with Crippen LogP contribution in [0.25, 0.3) is 10.9 Å². The summed E-state index contributed by atoms with van der Waals surface area (Å²) in [6.07, 6.45) is 5.24.